The molecule has 0 fully saturated rings. The number of aromatic hydroxyl groups is 1. The number of aromatic carboxylic acids is 1. The third kappa shape index (κ3) is 3.05. The lowest BCUT2D eigenvalue weighted by Gasteiger charge is -2.06. The Morgan fingerprint density at radius 2 is 1.56 bits per heavy atom. The Balaban J connectivity index is 3.86. The zero-order chi connectivity index (χ0) is 14.3. The van der Waals surface area contributed by atoms with Crippen molar-refractivity contribution in [3.05, 3.63) is 17.7 Å². The molecule has 0 saturated heterocycles. The number of hydrogen-bond acceptors (Lipinski definition) is 6. The number of carbonyl (C=O) groups is 1. The van der Waals surface area contributed by atoms with Gasteiger partial charge in [-0.05, 0) is 12.1 Å². The van der Waals surface area contributed by atoms with Crippen LogP contribution in [0.4, 0.5) is 0 Å². The second-order valence-electron chi connectivity index (χ2n) is 3.00. The van der Waals surface area contributed by atoms with Gasteiger partial charge in [0.1, 0.15) is 16.2 Å². The highest BCUT2D eigenvalue weighted by Crippen LogP contribution is 2.33. The summed E-state index contributed by atoms with van der Waals surface area (Å²) in [6.07, 6.45) is 0. The quantitative estimate of drug-likeness (QED) is 0.787. The zero-order valence-corrected chi connectivity index (χ0v) is 11.3. The van der Waals surface area contributed by atoms with E-state index in [2.05, 4.69) is 0 Å². The summed E-state index contributed by atoms with van der Waals surface area (Å²) in [5.41, 5.74) is -0.948. The van der Waals surface area contributed by atoms with Crippen LogP contribution in [0.1, 0.15) is 10.4 Å². The Morgan fingerprint density at radius 3 is 1.89 bits per heavy atom. The van der Waals surface area contributed by atoms with Crippen molar-refractivity contribution in [1.29, 1.82) is 0 Å². The second kappa shape index (κ2) is 4.57. The van der Waals surface area contributed by atoms with Gasteiger partial charge in [-0.25, -0.2) is 21.6 Å². The highest BCUT2D eigenvalue weighted by Gasteiger charge is 2.26. The number of rotatable bonds is 3. The lowest BCUT2D eigenvalue weighted by atomic mass is 10.2. The lowest BCUT2D eigenvalue weighted by Crippen LogP contribution is -2.04. The van der Waals surface area contributed by atoms with Gasteiger partial charge in [-0.1, -0.05) is 0 Å². The molecule has 0 radical (unpaired) electrons. The smallest absolute Gasteiger partial charge is 0.339 e. The Kier molecular flexibility index (Phi) is 3.82. The van der Waals surface area contributed by atoms with Crippen LogP contribution in [0, 0.1) is 0 Å². The summed E-state index contributed by atoms with van der Waals surface area (Å²) in [6.45, 7) is 0. The van der Waals surface area contributed by atoms with Gasteiger partial charge in [0.2, 0.25) is 0 Å². The Morgan fingerprint density at radius 1 is 1.06 bits per heavy atom. The molecule has 0 heterocycles. The molecule has 0 unspecified atom stereocenters. The van der Waals surface area contributed by atoms with Gasteiger partial charge in [0.05, 0.1) is 4.90 Å². The predicted octanol–water partition coefficient (Wildman–Crippen LogP) is 0.945. The zero-order valence-electron chi connectivity index (χ0n) is 8.16. The lowest BCUT2D eigenvalue weighted by molar-refractivity contribution is 0.0693. The summed E-state index contributed by atoms with van der Waals surface area (Å²) in [5, 5.41) is 18.1. The standard InChI is InChI=1S/C7H4Cl2O7S2/c8-17(13,14)3-1-4(7(11)12)6(10)5(2-3)18(9,15)16/h1-2,10H,(H,11,12). The fraction of sp³-hybridized carbons (Fsp3) is 0. The molecule has 11 heteroatoms. The third-order valence-corrected chi connectivity index (χ3v) is 4.49. The predicted molar refractivity (Wildman–Crippen MR) is 61.1 cm³/mol. The molecule has 7 nitrogen and oxygen atoms in total. The first-order valence-corrected chi connectivity index (χ1v) is 8.56. The van der Waals surface area contributed by atoms with Crippen LogP contribution in [0.5, 0.6) is 5.75 Å². The average molecular weight is 335 g/mol. The first-order valence-electron chi connectivity index (χ1n) is 3.94. The normalized spacial score (nSPS) is 12.3. The molecule has 0 aliphatic heterocycles. The van der Waals surface area contributed by atoms with Crippen LogP contribution in [0.3, 0.4) is 0 Å². The summed E-state index contributed by atoms with van der Waals surface area (Å²) in [4.78, 5) is 8.88. The van der Waals surface area contributed by atoms with E-state index in [-0.39, 0.29) is 0 Å². The third-order valence-electron chi connectivity index (χ3n) is 1.82. The Labute approximate surface area is 110 Å². The molecule has 100 valence electrons. The van der Waals surface area contributed by atoms with Crippen molar-refractivity contribution in [2.75, 3.05) is 0 Å². The van der Waals surface area contributed by atoms with Gasteiger partial charge in [-0.2, -0.15) is 0 Å². The molecule has 1 aromatic carbocycles. The van der Waals surface area contributed by atoms with E-state index in [1.165, 1.54) is 0 Å². The maximum absolute atomic E-state index is 11.1. The molecule has 1 aromatic rings. The summed E-state index contributed by atoms with van der Waals surface area (Å²) in [6, 6.07) is 0.984. The highest BCUT2D eigenvalue weighted by atomic mass is 35.7. The Hall–Kier alpha value is -1.03. The molecule has 0 amide bonds. The van der Waals surface area contributed by atoms with E-state index in [0.29, 0.717) is 12.1 Å². The van der Waals surface area contributed by atoms with E-state index in [1.54, 1.807) is 0 Å². The van der Waals surface area contributed by atoms with E-state index >= 15 is 0 Å². The summed E-state index contributed by atoms with van der Waals surface area (Å²) in [7, 11) is 0.993. The summed E-state index contributed by atoms with van der Waals surface area (Å²) < 4.78 is 44.3. The molecule has 18 heavy (non-hydrogen) atoms. The maximum atomic E-state index is 11.1. The molecule has 1 rings (SSSR count). The van der Waals surface area contributed by atoms with Crippen molar-refractivity contribution in [2.24, 2.45) is 0 Å². The molecular weight excluding hydrogens is 331 g/mol. The minimum absolute atomic E-state index is 0.465. The van der Waals surface area contributed by atoms with E-state index in [4.69, 9.17) is 26.5 Å². The van der Waals surface area contributed by atoms with Gasteiger partial charge in [0, 0.05) is 21.4 Å². The van der Waals surface area contributed by atoms with E-state index in [1.807, 2.05) is 0 Å². The molecule has 0 saturated carbocycles. The first-order chi connectivity index (χ1) is 7.94. The monoisotopic (exact) mass is 334 g/mol. The van der Waals surface area contributed by atoms with Gasteiger partial charge in [-0.15, -0.1) is 0 Å². The molecule has 0 aliphatic carbocycles. The van der Waals surface area contributed by atoms with Gasteiger partial charge in [0.15, 0.2) is 0 Å². The van der Waals surface area contributed by atoms with Crippen molar-refractivity contribution in [2.45, 2.75) is 9.79 Å². The van der Waals surface area contributed by atoms with E-state index in [0.717, 1.165) is 0 Å². The van der Waals surface area contributed by atoms with Crippen LogP contribution in [0.2, 0.25) is 0 Å². The van der Waals surface area contributed by atoms with Gasteiger partial charge in [-0.3, -0.25) is 0 Å². The van der Waals surface area contributed by atoms with Gasteiger partial charge < -0.3 is 10.2 Å². The summed E-state index contributed by atoms with van der Waals surface area (Å²) in [5.74, 6) is -2.90. The van der Waals surface area contributed by atoms with Crippen LogP contribution in [-0.2, 0) is 18.1 Å². The fourth-order valence-electron chi connectivity index (χ4n) is 1.07. The number of phenols is 1. The first kappa shape index (κ1) is 15.0. The molecule has 0 atom stereocenters. The highest BCUT2D eigenvalue weighted by molar-refractivity contribution is 8.14. The van der Waals surface area contributed by atoms with Crippen molar-refractivity contribution >= 4 is 45.4 Å². The van der Waals surface area contributed by atoms with Gasteiger partial charge in [0.25, 0.3) is 18.1 Å². The van der Waals surface area contributed by atoms with Crippen LogP contribution >= 0.6 is 21.4 Å². The number of carboxylic acid groups (broad SMARTS) is 1. The van der Waals surface area contributed by atoms with Crippen LogP contribution in [0.15, 0.2) is 21.9 Å². The molecule has 0 aromatic heterocycles. The largest absolute Gasteiger partial charge is 0.506 e. The number of benzene rings is 1. The maximum Gasteiger partial charge on any atom is 0.339 e. The van der Waals surface area contributed by atoms with Crippen molar-refractivity contribution < 1.29 is 31.8 Å². The van der Waals surface area contributed by atoms with Crippen molar-refractivity contribution in [3.63, 3.8) is 0 Å². The van der Waals surface area contributed by atoms with Crippen LogP contribution in [0.25, 0.3) is 0 Å². The van der Waals surface area contributed by atoms with E-state index < -0.39 is 45.2 Å². The molecule has 0 bridgehead atoms. The SMILES string of the molecule is O=C(O)c1cc(S(=O)(=O)Cl)cc(S(=O)(=O)Cl)c1O. The van der Waals surface area contributed by atoms with E-state index in [9.17, 15) is 26.7 Å². The van der Waals surface area contributed by atoms with Gasteiger partial charge >= 0.3 is 5.97 Å². The number of halogens is 2. The number of carboxylic acids is 1. The van der Waals surface area contributed by atoms with Crippen molar-refractivity contribution in [1.82, 2.24) is 0 Å². The topological polar surface area (TPSA) is 126 Å². The van der Waals surface area contributed by atoms with Crippen molar-refractivity contribution in [3.8, 4) is 5.75 Å². The Bertz CT molecular complexity index is 720. The molecule has 0 aliphatic rings. The summed E-state index contributed by atoms with van der Waals surface area (Å²) >= 11 is 0. The van der Waals surface area contributed by atoms with Crippen LogP contribution in [-0.4, -0.2) is 33.0 Å². The molecule has 0 spiro atoms. The average Bonchev–Trinajstić information content (AvgIpc) is 2.13. The second-order valence-corrected chi connectivity index (χ2v) is 8.10. The minimum atomic E-state index is -4.54. The molecule has 2 N–H and O–H groups in total. The van der Waals surface area contributed by atoms with Crippen LogP contribution < -0.4 is 0 Å². The number of hydrogen-bond donors (Lipinski definition) is 2. The molecular formula is C7H4Cl2O7S2. The minimum Gasteiger partial charge on any atom is -0.506 e. The fourth-order valence-corrected chi connectivity index (χ4v) is 2.89.